The van der Waals surface area contributed by atoms with Crippen LogP contribution in [0.15, 0.2) is 18.2 Å². The summed E-state index contributed by atoms with van der Waals surface area (Å²) in [6.07, 6.45) is 3.26. The number of nitrogens with zero attached hydrogens (tertiary/aromatic N) is 1. The summed E-state index contributed by atoms with van der Waals surface area (Å²) < 4.78 is 18.6. The Morgan fingerprint density at radius 2 is 2.32 bits per heavy atom. The van der Waals surface area contributed by atoms with Crippen LogP contribution in [-0.4, -0.2) is 37.1 Å². The zero-order valence-corrected chi connectivity index (χ0v) is 11.6. The highest BCUT2D eigenvalue weighted by atomic mass is 35.5. The summed E-state index contributed by atoms with van der Waals surface area (Å²) in [5.74, 6) is -0.654. The van der Waals surface area contributed by atoms with E-state index in [2.05, 4.69) is 0 Å². The molecule has 104 valence electrons. The lowest BCUT2D eigenvalue weighted by molar-refractivity contribution is -0.000186. The lowest BCUT2D eigenvalue weighted by Gasteiger charge is -2.27. The molecule has 0 saturated carbocycles. The summed E-state index contributed by atoms with van der Waals surface area (Å²) >= 11 is 5.89. The molecule has 0 bridgehead atoms. The quantitative estimate of drug-likeness (QED) is 0.854. The van der Waals surface area contributed by atoms with Gasteiger partial charge in [-0.25, -0.2) is 4.39 Å². The minimum atomic E-state index is -0.445. The van der Waals surface area contributed by atoms with E-state index >= 15 is 0 Å². The maximum atomic E-state index is 13.0. The van der Waals surface area contributed by atoms with Gasteiger partial charge in [0.2, 0.25) is 0 Å². The maximum Gasteiger partial charge on any atom is 0.255 e. The second kappa shape index (κ2) is 6.35. The predicted octanol–water partition coefficient (Wildman–Crippen LogP) is 3.12. The van der Waals surface area contributed by atoms with Crippen LogP contribution in [-0.2, 0) is 4.74 Å². The zero-order valence-electron chi connectivity index (χ0n) is 10.9. The van der Waals surface area contributed by atoms with E-state index in [1.807, 2.05) is 0 Å². The molecule has 1 aromatic carbocycles. The summed E-state index contributed by atoms with van der Waals surface area (Å²) in [4.78, 5) is 13.8. The standard InChI is InChI=1S/C14H17ClFNO2/c1-17(9-11-4-2-3-7-19-11)14(18)12-6-5-10(16)8-13(12)15/h5-6,8,11H,2-4,7,9H2,1H3/t11-/m1/s1. The second-order valence-corrected chi connectivity index (χ2v) is 5.21. The lowest BCUT2D eigenvalue weighted by atomic mass is 10.1. The van der Waals surface area contributed by atoms with E-state index in [1.54, 1.807) is 11.9 Å². The van der Waals surface area contributed by atoms with Gasteiger partial charge in [0.15, 0.2) is 0 Å². The molecule has 1 aliphatic heterocycles. The molecule has 0 unspecified atom stereocenters. The van der Waals surface area contributed by atoms with Crippen molar-refractivity contribution in [1.29, 1.82) is 0 Å². The number of ether oxygens (including phenoxy) is 1. The van der Waals surface area contributed by atoms with Crippen LogP contribution in [0.3, 0.4) is 0 Å². The number of halogens is 2. The van der Waals surface area contributed by atoms with Crippen LogP contribution >= 0.6 is 11.6 Å². The van der Waals surface area contributed by atoms with Crippen LogP contribution in [0.5, 0.6) is 0 Å². The maximum absolute atomic E-state index is 13.0. The number of hydrogen-bond donors (Lipinski definition) is 0. The smallest absolute Gasteiger partial charge is 0.255 e. The topological polar surface area (TPSA) is 29.5 Å². The average Bonchev–Trinajstić information content (AvgIpc) is 2.39. The fourth-order valence-electron chi connectivity index (χ4n) is 2.21. The van der Waals surface area contributed by atoms with Crippen molar-refractivity contribution in [2.75, 3.05) is 20.2 Å². The Morgan fingerprint density at radius 1 is 1.53 bits per heavy atom. The molecule has 1 heterocycles. The molecule has 1 amide bonds. The van der Waals surface area contributed by atoms with Gasteiger partial charge < -0.3 is 9.64 Å². The molecule has 5 heteroatoms. The number of carbonyl (C=O) groups excluding carboxylic acids is 1. The number of rotatable bonds is 3. The van der Waals surface area contributed by atoms with E-state index in [-0.39, 0.29) is 17.0 Å². The summed E-state index contributed by atoms with van der Waals surface area (Å²) in [5.41, 5.74) is 0.321. The third kappa shape index (κ3) is 3.67. The Hall–Kier alpha value is -1.13. The van der Waals surface area contributed by atoms with Crippen LogP contribution in [0, 0.1) is 5.82 Å². The molecule has 2 rings (SSSR count). The molecule has 0 radical (unpaired) electrons. The molecule has 1 saturated heterocycles. The summed E-state index contributed by atoms with van der Waals surface area (Å²) in [6, 6.07) is 3.81. The Bertz CT molecular complexity index is 461. The summed E-state index contributed by atoms with van der Waals surface area (Å²) in [5, 5.41) is 0.140. The van der Waals surface area contributed by atoms with Gasteiger partial charge in [-0.1, -0.05) is 11.6 Å². The molecule has 0 aliphatic carbocycles. The first-order valence-electron chi connectivity index (χ1n) is 6.40. The molecular formula is C14H17ClFNO2. The van der Waals surface area contributed by atoms with Gasteiger partial charge in [-0.15, -0.1) is 0 Å². The minimum absolute atomic E-state index is 0.0851. The van der Waals surface area contributed by atoms with Crippen LogP contribution in [0.4, 0.5) is 4.39 Å². The number of likely N-dealkylation sites (N-methyl/N-ethyl adjacent to an activating group) is 1. The molecule has 0 N–H and O–H groups in total. The molecule has 0 spiro atoms. The van der Waals surface area contributed by atoms with Crippen molar-refractivity contribution in [2.24, 2.45) is 0 Å². The van der Waals surface area contributed by atoms with Crippen LogP contribution < -0.4 is 0 Å². The van der Waals surface area contributed by atoms with Gasteiger partial charge in [0.05, 0.1) is 16.7 Å². The Labute approximate surface area is 117 Å². The first-order valence-corrected chi connectivity index (χ1v) is 6.78. The fraction of sp³-hybridized carbons (Fsp3) is 0.500. The SMILES string of the molecule is CN(C[C@H]1CCCCO1)C(=O)c1ccc(F)cc1Cl. The van der Waals surface area contributed by atoms with Gasteiger partial charge in [-0.2, -0.15) is 0 Å². The molecule has 1 atom stereocenters. The van der Waals surface area contributed by atoms with Gasteiger partial charge in [0.25, 0.3) is 5.91 Å². The van der Waals surface area contributed by atoms with Crippen LogP contribution in [0.25, 0.3) is 0 Å². The molecule has 1 fully saturated rings. The normalized spacial score (nSPS) is 19.2. The Morgan fingerprint density at radius 3 is 2.95 bits per heavy atom. The van der Waals surface area contributed by atoms with Crippen molar-refractivity contribution >= 4 is 17.5 Å². The molecule has 1 aliphatic rings. The van der Waals surface area contributed by atoms with Crippen molar-refractivity contribution in [1.82, 2.24) is 4.90 Å². The van der Waals surface area contributed by atoms with Gasteiger partial charge in [0, 0.05) is 20.2 Å². The van der Waals surface area contributed by atoms with E-state index in [0.29, 0.717) is 12.1 Å². The van der Waals surface area contributed by atoms with E-state index in [1.165, 1.54) is 12.1 Å². The van der Waals surface area contributed by atoms with Gasteiger partial charge in [-0.3, -0.25) is 4.79 Å². The highest BCUT2D eigenvalue weighted by Gasteiger charge is 2.21. The van der Waals surface area contributed by atoms with E-state index < -0.39 is 5.82 Å². The van der Waals surface area contributed by atoms with Crippen molar-refractivity contribution in [2.45, 2.75) is 25.4 Å². The molecular weight excluding hydrogens is 269 g/mol. The first-order chi connectivity index (χ1) is 9.08. The van der Waals surface area contributed by atoms with Crippen LogP contribution in [0.1, 0.15) is 29.6 Å². The monoisotopic (exact) mass is 285 g/mol. The highest BCUT2D eigenvalue weighted by Crippen LogP contribution is 2.20. The Kier molecular flexibility index (Phi) is 4.77. The third-order valence-electron chi connectivity index (χ3n) is 3.26. The predicted molar refractivity (Wildman–Crippen MR) is 72.0 cm³/mol. The molecule has 19 heavy (non-hydrogen) atoms. The van der Waals surface area contributed by atoms with Gasteiger partial charge in [-0.05, 0) is 37.5 Å². The zero-order chi connectivity index (χ0) is 13.8. The van der Waals surface area contributed by atoms with Crippen molar-refractivity contribution in [3.05, 3.63) is 34.6 Å². The minimum Gasteiger partial charge on any atom is -0.376 e. The van der Waals surface area contributed by atoms with Gasteiger partial charge in [0.1, 0.15) is 5.82 Å². The fourth-order valence-corrected chi connectivity index (χ4v) is 2.46. The van der Waals surface area contributed by atoms with Gasteiger partial charge >= 0.3 is 0 Å². The summed E-state index contributed by atoms with van der Waals surface area (Å²) in [7, 11) is 1.71. The number of amides is 1. The lowest BCUT2D eigenvalue weighted by Crippen LogP contribution is -2.37. The first kappa shape index (κ1) is 14.3. The van der Waals surface area contributed by atoms with Crippen molar-refractivity contribution in [3.63, 3.8) is 0 Å². The van der Waals surface area contributed by atoms with E-state index in [9.17, 15) is 9.18 Å². The third-order valence-corrected chi connectivity index (χ3v) is 3.57. The second-order valence-electron chi connectivity index (χ2n) is 4.80. The molecule has 1 aromatic rings. The van der Waals surface area contributed by atoms with E-state index in [0.717, 1.165) is 31.9 Å². The number of benzene rings is 1. The average molecular weight is 286 g/mol. The largest absolute Gasteiger partial charge is 0.376 e. The molecule has 0 aromatic heterocycles. The van der Waals surface area contributed by atoms with Crippen LogP contribution in [0.2, 0.25) is 5.02 Å². The Balaban J connectivity index is 2.01. The molecule has 3 nitrogen and oxygen atoms in total. The summed E-state index contributed by atoms with van der Waals surface area (Å²) in [6.45, 7) is 1.29. The van der Waals surface area contributed by atoms with Crippen molar-refractivity contribution in [3.8, 4) is 0 Å². The number of hydrogen-bond acceptors (Lipinski definition) is 2. The van der Waals surface area contributed by atoms with Crippen molar-refractivity contribution < 1.29 is 13.9 Å². The number of carbonyl (C=O) groups is 1. The highest BCUT2D eigenvalue weighted by molar-refractivity contribution is 6.33. The van der Waals surface area contributed by atoms with E-state index in [4.69, 9.17) is 16.3 Å².